The Labute approximate surface area is 98.2 Å². The maximum absolute atomic E-state index is 12.7. The highest BCUT2D eigenvalue weighted by Gasteiger charge is 2.33. The van der Waals surface area contributed by atoms with E-state index in [0.29, 0.717) is 6.07 Å². The molecule has 0 unspecified atom stereocenters. The molecule has 0 aromatic carbocycles. The van der Waals surface area contributed by atoms with Crippen LogP contribution in [0.2, 0.25) is 0 Å². The van der Waals surface area contributed by atoms with E-state index in [4.69, 9.17) is 10.8 Å². The fraction of sp³-hybridized carbons (Fsp3) is 0.333. The van der Waals surface area contributed by atoms with Crippen LogP contribution in [0.3, 0.4) is 0 Å². The van der Waals surface area contributed by atoms with Crippen LogP contribution in [0.15, 0.2) is 6.07 Å². The number of pyridine rings is 1. The summed E-state index contributed by atoms with van der Waals surface area (Å²) in [7, 11) is 0. The molecule has 1 aromatic rings. The Hall–Kier alpha value is -2.06. The number of carboxylic acid groups (broad SMARTS) is 1. The van der Waals surface area contributed by atoms with Gasteiger partial charge in [-0.05, 0) is 0 Å². The molecule has 1 rings (SSSR count). The number of aromatic nitrogens is 1. The lowest BCUT2D eigenvalue weighted by Crippen LogP contribution is -2.19. The molecular weight excluding hydrogens is 260 g/mol. The highest BCUT2D eigenvalue weighted by molar-refractivity contribution is 5.70. The quantitative estimate of drug-likeness (QED) is 0.811. The molecule has 100 valence electrons. The van der Waals surface area contributed by atoms with Gasteiger partial charge in [-0.15, -0.1) is 13.2 Å². The standard InChI is InChI=1S/C9H8F4N2O3/c10-3-4-5(1-8(16)17)15-7(14)2-6(4)18-9(11,12)13/h2H,1,3H2,(H2,14,15)(H,16,17). The second-order valence-electron chi connectivity index (χ2n) is 3.22. The Morgan fingerprint density at radius 1 is 1.50 bits per heavy atom. The third kappa shape index (κ3) is 3.75. The predicted molar refractivity (Wildman–Crippen MR) is 51.5 cm³/mol. The monoisotopic (exact) mass is 268 g/mol. The molecule has 5 nitrogen and oxygen atoms in total. The normalized spacial score (nSPS) is 11.3. The summed E-state index contributed by atoms with van der Waals surface area (Å²) < 4.78 is 52.4. The van der Waals surface area contributed by atoms with Crippen molar-refractivity contribution >= 4 is 11.8 Å². The number of hydrogen-bond donors (Lipinski definition) is 2. The van der Waals surface area contributed by atoms with E-state index in [0.717, 1.165) is 0 Å². The van der Waals surface area contributed by atoms with Crippen molar-refractivity contribution in [1.29, 1.82) is 0 Å². The molecule has 9 heteroatoms. The first kappa shape index (κ1) is 14.0. The van der Waals surface area contributed by atoms with Gasteiger partial charge >= 0.3 is 12.3 Å². The third-order valence-electron chi connectivity index (χ3n) is 1.87. The molecule has 0 amide bonds. The number of nitrogens with two attached hydrogens (primary N) is 1. The van der Waals surface area contributed by atoms with Crippen molar-refractivity contribution in [2.45, 2.75) is 19.5 Å². The number of rotatable bonds is 4. The van der Waals surface area contributed by atoms with E-state index in [1.54, 1.807) is 0 Å². The second-order valence-corrected chi connectivity index (χ2v) is 3.22. The number of aliphatic carboxylic acids is 1. The first-order valence-corrected chi connectivity index (χ1v) is 4.54. The highest BCUT2D eigenvalue weighted by Crippen LogP contribution is 2.30. The Morgan fingerprint density at radius 3 is 2.56 bits per heavy atom. The van der Waals surface area contributed by atoms with Gasteiger partial charge < -0.3 is 15.6 Å². The maximum Gasteiger partial charge on any atom is 0.573 e. The molecule has 0 bridgehead atoms. The Balaban J connectivity index is 3.24. The summed E-state index contributed by atoms with van der Waals surface area (Å²) in [6, 6.07) is 0.688. The van der Waals surface area contributed by atoms with Gasteiger partial charge in [-0.1, -0.05) is 0 Å². The SMILES string of the molecule is Nc1cc(OC(F)(F)F)c(CF)c(CC(=O)O)n1. The van der Waals surface area contributed by atoms with Gasteiger partial charge in [0, 0.05) is 11.6 Å². The molecule has 0 aliphatic carbocycles. The molecule has 0 spiro atoms. The van der Waals surface area contributed by atoms with Crippen molar-refractivity contribution in [2.24, 2.45) is 0 Å². The fourth-order valence-corrected chi connectivity index (χ4v) is 1.27. The van der Waals surface area contributed by atoms with Crippen LogP contribution in [0.1, 0.15) is 11.3 Å². The number of carboxylic acids is 1. The average Bonchev–Trinajstić information content (AvgIpc) is 2.13. The van der Waals surface area contributed by atoms with Gasteiger partial charge in [-0.25, -0.2) is 9.37 Å². The lowest BCUT2D eigenvalue weighted by atomic mass is 10.1. The number of hydrogen-bond acceptors (Lipinski definition) is 4. The molecule has 1 aromatic heterocycles. The fourth-order valence-electron chi connectivity index (χ4n) is 1.27. The van der Waals surface area contributed by atoms with Crippen molar-refractivity contribution in [2.75, 3.05) is 5.73 Å². The number of nitrogen functional groups attached to an aromatic ring is 1. The molecule has 18 heavy (non-hydrogen) atoms. The topological polar surface area (TPSA) is 85.4 Å². The van der Waals surface area contributed by atoms with E-state index in [9.17, 15) is 22.4 Å². The molecule has 3 N–H and O–H groups in total. The summed E-state index contributed by atoms with van der Waals surface area (Å²) in [4.78, 5) is 14.0. The molecule has 0 aliphatic heterocycles. The van der Waals surface area contributed by atoms with Crippen molar-refractivity contribution in [1.82, 2.24) is 4.98 Å². The number of anilines is 1. The van der Waals surface area contributed by atoms with E-state index in [2.05, 4.69) is 9.72 Å². The zero-order chi connectivity index (χ0) is 13.9. The van der Waals surface area contributed by atoms with Crippen molar-refractivity contribution in [3.8, 4) is 5.75 Å². The summed E-state index contributed by atoms with van der Waals surface area (Å²) in [5.41, 5.74) is 4.23. The smallest absolute Gasteiger partial charge is 0.481 e. The highest BCUT2D eigenvalue weighted by atomic mass is 19.4. The van der Waals surface area contributed by atoms with E-state index in [-0.39, 0.29) is 5.82 Å². The number of halogens is 4. The van der Waals surface area contributed by atoms with E-state index in [1.807, 2.05) is 0 Å². The molecule has 0 saturated heterocycles. The van der Waals surface area contributed by atoms with Crippen molar-refractivity contribution in [3.63, 3.8) is 0 Å². The molecule has 0 saturated carbocycles. The molecule has 0 aliphatic rings. The van der Waals surface area contributed by atoms with Crippen molar-refractivity contribution in [3.05, 3.63) is 17.3 Å². The lowest BCUT2D eigenvalue weighted by molar-refractivity contribution is -0.275. The minimum absolute atomic E-state index is 0.386. The summed E-state index contributed by atoms with van der Waals surface area (Å²) >= 11 is 0. The summed E-state index contributed by atoms with van der Waals surface area (Å²) in [6.45, 7) is -1.35. The molecule has 0 radical (unpaired) electrons. The van der Waals surface area contributed by atoms with Gasteiger partial charge in [-0.3, -0.25) is 4.79 Å². The van der Waals surface area contributed by atoms with Gasteiger partial charge in [0.15, 0.2) is 0 Å². The molecule has 1 heterocycles. The van der Waals surface area contributed by atoms with Gasteiger partial charge in [0.2, 0.25) is 0 Å². The zero-order valence-corrected chi connectivity index (χ0v) is 8.79. The first-order valence-electron chi connectivity index (χ1n) is 4.54. The zero-order valence-electron chi connectivity index (χ0n) is 8.79. The van der Waals surface area contributed by atoms with Crippen LogP contribution in [-0.4, -0.2) is 22.4 Å². The Kier molecular flexibility index (Phi) is 3.94. The Bertz CT molecular complexity index is 462. The number of ether oxygens (including phenoxy) is 1. The Morgan fingerprint density at radius 2 is 2.11 bits per heavy atom. The summed E-state index contributed by atoms with van der Waals surface area (Å²) in [5.74, 6) is -2.64. The average molecular weight is 268 g/mol. The minimum Gasteiger partial charge on any atom is -0.481 e. The van der Waals surface area contributed by atoms with Gasteiger partial charge in [-0.2, -0.15) is 0 Å². The van der Waals surface area contributed by atoms with Crippen molar-refractivity contribution < 1.29 is 32.2 Å². The largest absolute Gasteiger partial charge is 0.573 e. The van der Waals surface area contributed by atoms with Crippen LogP contribution in [0.25, 0.3) is 0 Å². The van der Waals surface area contributed by atoms with Gasteiger partial charge in [0.05, 0.1) is 12.1 Å². The van der Waals surface area contributed by atoms with E-state index < -0.39 is 42.4 Å². The number of nitrogens with zero attached hydrogens (tertiary/aromatic N) is 1. The van der Waals surface area contributed by atoms with Gasteiger partial charge in [0.1, 0.15) is 18.2 Å². The summed E-state index contributed by atoms with van der Waals surface area (Å²) in [5, 5.41) is 8.53. The van der Waals surface area contributed by atoms with E-state index in [1.165, 1.54) is 0 Å². The molecule has 0 atom stereocenters. The van der Waals surface area contributed by atoms with Crippen LogP contribution in [0, 0.1) is 0 Å². The minimum atomic E-state index is -5.03. The van der Waals surface area contributed by atoms with Gasteiger partial charge in [0.25, 0.3) is 0 Å². The maximum atomic E-state index is 12.7. The second kappa shape index (κ2) is 5.07. The first-order chi connectivity index (χ1) is 8.23. The van der Waals surface area contributed by atoms with E-state index >= 15 is 0 Å². The third-order valence-corrected chi connectivity index (χ3v) is 1.87. The lowest BCUT2D eigenvalue weighted by Gasteiger charge is -2.14. The molecular formula is C9H8F4N2O3. The van der Waals surface area contributed by atoms with Crippen LogP contribution < -0.4 is 10.5 Å². The van der Waals surface area contributed by atoms with Crippen LogP contribution in [-0.2, 0) is 17.9 Å². The predicted octanol–water partition coefficient (Wildman–Crippen LogP) is 1.66. The van der Waals surface area contributed by atoms with Crippen LogP contribution >= 0.6 is 0 Å². The van der Waals surface area contributed by atoms with Crippen LogP contribution in [0.5, 0.6) is 5.75 Å². The molecule has 0 fully saturated rings. The number of alkyl halides is 4. The summed E-state index contributed by atoms with van der Waals surface area (Å²) in [6.07, 6.45) is -5.78. The van der Waals surface area contributed by atoms with Crippen LogP contribution in [0.4, 0.5) is 23.4 Å². The number of carbonyl (C=O) groups is 1.